The van der Waals surface area contributed by atoms with Gasteiger partial charge < -0.3 is 0 Å². The molecule has 42 valence electrons. The molecule has 0 aliphatic heterocycles. The summed E-state index contributed by atoms with van der Waals surface area (Å²) in [5.74, 6) is 0.452. The second-order valence-corrected chi connectivity index (χ2v) is 1.55. The Morgan fingerprint density at radius 3 is 2.71 bits per heavy atom. The van der Waals surface area contributed by atoms with E-state index < -0.39 is 0 Å². The van der Waals surface area contributed by atoms with Crippen molar-refractivity contribution in [2.75, 3.05) is 5.88 Å². The third-order valence-corrected chi connectivity index (χ3v) is 0.921. The van der Waals surface area contributed by atoms with Crippen LogP contribution in [0.5, 0.6) is 0 Å². The fourth-order valence-electron chi connectivity index (χ4n) is 0.115. The van der Waals surface area contributed by atoms with E-state index in [1.54, 1.807) is 0 Å². The summed E-state index contributed by atoms with van der Waals surface area (Å²) in [5, 5.41) is 3.64. The van der Waals surface area contributed by atoms with Crippen molar-refractivity contribution in [2.45, 2.75) is 6.92 Å². The van der Waals surface area contributed by atoms with Crippen molar-refractivity contribution in [1.29, 1.82) is 0 Å². The van der Waals surface area contributed by atoms with Gasteiger partial charge in [0.1, 0.15) is 0 Å². The van der Waals surface area contributed by atoms with Gasteiger partial charge in [0, 0.05) is 0 Å². The normalized spacial score (nSPS) is 11.6. The summed E-state index contributed by atoms with van der Waals surface area (Å²) in [6.45, 7) is 1.82. The summed E-state index contributed by atoms with van der Waals surface area (Å²) in [7, 11) is 0. The predicted octanol–water partition coefficient (Wildman–Crippen LogP) is 1.04. The molecular formula is C3H7ClN2S. The van der Waals surface area contributed by atoms with Crippen molar-refractivity contribution < 1.29 is 0 Å². The Bertz CT molecular complexity index is 73.3. The molecule has 0 saturated carbocycles. The van der Waals surface area contributed by atoms with Crippen LogP contribution in [0.4, 0.5) is 0 Å². The molecule has 1 N–H and O–H groups in total. The van der Waals surface area contributed by atoms with Crippen LogP contribution in [0.3, 0.4) is 0 Å². The van der Waals surface area contributed by atoms with E-state index in [0.29, 0.717) is 5.88 Å². The highest BCUT2D eigenvalue weighted by Crippen LogP contribution is 1.78. The van der Waals surface area contributed by atoms with Crippen molar-refractivity contribution in [3.63, 3.8) is 0 Å². The zero-order valence-electron chi connectivity index (χ0n) is 3.98. The van der Waals surface area contributed by atoms with Gasteiger partial charge in [-0.3, -0.25) is 4.83 Å². The van der Waals surface area contributed by atoms with Gasteiger partial charge in [0.05, 0.1) is 11.6 Å². The number of hydrogen-bond donors (Lipinski definition) is 2. The SMILES string of the molecule is C/C(CCl)=N/NS. The highest BCUT2D eigenvalue weighted by atomic mass is 35.5. The number of rotatable bonds is 2. The second-order valence-electron chi connectivity index (χ2n) is 1.08. The number of hydrogen-bond acceptors (Lipinski definition) is 3. The molecule has 0 saturated heterocycles. The standard InChI is InChI=1S/C3H7ClN2S/c1-3(2-4)5-6-7/h6-7H,2H2,1H3/b5-3-. The number of hydrazone groups is 1. The molecule has 0 bridgehead atoms. The molecule has 0 radical (unpaired) electrons. The molecule has 0 amide bonds. The summed E-state index contributed by atoms with van der Waals surface area (Å²) >= 11 is 8.94. The fraction of sp³-hybridized carbons (Fsp3) is 0.667. The van der Waals surface area contributed by atoms with Crippen LogP contribution in [-0.2, 0) is 0 Å². The Morgan fingerprint density at radius 2 is 2.57 bits per heavy atom. The van der Waals surface area contributed by atoms with E-state index in [-0.39, 0.29) is 0 Å². The van der Waals surface area contributed by atoms with Crippen molar-refractivity contribution in [2.24, 2.45) is 5.10 Å². The molecule has 0 rings (SSSR count). The van der Waals surface area contributed by atoms with Crippen LogP contribution in [0, 0.1) is 0 Å². The van der Waals surface area contributed by atoms with Gasteiger partial charge in [-0.25, -0.2) is 0 Å². The lowest BCUT2D eigenvalue weighted by molar-refractivity contribution is 1.12. The minimum Gasteiger partial charge on any atom is -0.255 e. The quantitative estimate of drug-likeness (QED) is 0.253. The first-order valence-electron chi connectivity index (χ1n) is 1.79. The van der Waals surface area contributed by atoms with Crippen LogP contribution in [-0.4, -0.2) is 11.6 Å². The average molecular weight is 139 g/mol. The van der Waals surface area contributed by atoms with Crippen LogP contribution in [0.2, 0.25) is 0 Å². The molecule has 0 spiro atoms. The van der Waals surface area contributed by atoms with E-state index in [1.165, 1.54) is 0 Å². The van der Waals surface area contributed by atoms with Crippen LogP contribution < -0.4 is 4.83 Å². The first-order valence-corrected chi connectivity index (χ1v) is 2.77. The van der Waals surface area contributed by atoms with Gasteiger partial charge in [0.2, 0.25) is 0 Å². The molecule has 0 aromatic heterocycles. The highest BCUT2D eigenvalue weighted by molar-refractivity contribution is 7.78. The number of alkyl halides is 1. The largest absolute Gasteiger partial charge is 0.255 e. The van der Waals surface area contributed by atoms with Gasteiger partial charge in [-0.05, 0) is 6.92 Å². The van der Waals surface area contributed by atoms with Gasteiger partial charge in [0.15, 0.2) is 0 Å². The molecule has 0 unspecified atom stereocenters. The molecule has 0 atom stereocenters. The van der Waals surface area contributed by atoms with Gasteiger partial charge in [-0.15, -0.1) is 11.6 Å². The fourth-order valence-corrected chi connectivity index (χ4v) is 0.346. The summed E-state index contributed by atoms with van der Waals surface area (Å²) < 4.78 is 0. The second kappa shape index (κ2) is 4.27. The highest BCUT2D eigenvalue weighted by Gasteiger charge is 1.80. The molecule has 0 aromatic rings. The number of nitrogens with one attached hydrogen (secondary N) is 1. The molecule has 0 fully saturated rings. The van der Waals surface area contributed by atoms with Crippen molar-refractivity contribution >= 4 is 30.1 Å². The summed E-state index contributed by atoms with van der Waals surface area (Å²) in [6.07, 6.45) is 0. The topological polar surface area (TPSA) is 24.4 Å². The number of halogens is 1. The molecular weight excluding hydrogens is 132 g/mol. The van der Waals surface area contributed by atoms with E-state index >= 15 is 0 Å². The molecule has 0 heterocycles. The van der Waals surface area contributed by atoms with E-state index in [0.717, 1.165) is 5.71 Å². The van der Waals surface area contributed by atoms with E-state index in [4.69, 9.17) is 11.6 Å². The van der Waals surface area contributed by atoms with Crippen LogP contribution in [0.1, 0.15) is 6.92 Å². The summed E-state index contributed by atoms with van der Waals surface area (Å²) in [5.41, 5.74) is 0.830. The van der Waals surface area contributed by atoms with Gasteiger partial charge in [-0.2, -0.15) is 5.10 Å². The molecule has 0 aliphatic carbocycles. The molecule has 0 aromatic carbocycles. The first kappa shape index (κ1) is 7.11. The Labute approximate surface area is 53.5 Å². The lowest BCUT2D eigenvalue weighted by atomic mass is 10.5. The third kappa shape index (κ3) is 3.95. The van der Waals surface area contributed by atoms with E-state index in [1.807, 2.05) is 6.92 Å². The summed E-state index contributed by atoms with van der Waals surface area (Å²) in [6, 6.07) is 0. The van der Waals surface area contributed by atoms with Gasteiger partial charge in [-0.1, -0.05) is 12.8 Å². The summed E-state index contributed by atoms with van der Waals surface area (Å²) in [4.78, 5) is 2.32. The van der Waals surface area contributed by atoms with Gasteiger partial charge in [0.25, 0.3) is 0 Å². The molecule has 2 nitrogen and oxygen atoms in total. The maximum atomic E-state index is 5.33. The maximum absolute atomic E-state index is 5.33. The van der Waals surface area contributed by atoms with Gasteiger partial charge >= 0.3 is 0 Å². The lowest BCUT2D eigenvalue weighted by Gasteiger charge is -1.87. The van der Waals surface area contributed by atoms with Crippen LogP contribution in [0.25, 0.3) is 0 Å². The zero-order chi connectivity index (χ0) is 5.70. The Morgan fingerprint density at radius 1 is 2.00 bits per heavy atom. The Balaban J connectivity index is 3.29. The van der Waals surface area contributed by atoms with E-state index in [9.17, 15) is 0 Å². The van der Waals surface area contributed by atoms with Crippen molar-refractivity contribution in [3.05, 3.63) is 0 Å². The minimum atomic E-state index is 0.452. The zero-order valence-corrected chi connectivity index (χ0v) is 5.63. The van der Waals surface area contributed by atoms with Crippen molar-refractivity contribution in [1.82, 2.24) is 4.83 Å². The number of thiol groups is 1. The Hall–Kier alpha value is 0.110. The van der Waals surface area contributed by atoms with Crippen LogP contribution in [0.15, 0.2) is 5.10 Å². The maximum Gasteiger partial charge on any atom is 0.0623 e. The monoisotopic (exact) mass is 138 g/mol. The first-order chi connectivity index (χ1) is 3.31. The van der Waals surface area contributed by atoms with E-state index in [2.05, 4.69) is 22.7 Å². The predicted molar refractivity (Wildman–Crippen MR) is 36.0 cm³/mol. The van der Waals surface area contributed by atoms with Crippen molar-refractivity contribution in [3.8, 4) is 0 Å². The lowest BCUT2D eigenvalue weighted by Crippen LogP contribution is -1.97. The molecule has 7 heavy (non-hydrogen) atoms. The molecule has 4 heteroatoms. The average Bonchev–Trinajstić information content (AvgIpc) is 1.68. The van der Waals surface area contributed by atoms with Crippen LogP contribution >= 0.6 is 24.4 Å². The molecule has 0 aliphatic rings. The number of nitrogens with zero attached hydrogens (tertiary/aromatic N) is 1. The minimum absolute atomic E-state index is 0.452. The Kier molecular flexibility index (Phi) is 4.34. The smallest absolute Gasteiger partial charge is 0.0623 e. The third-order valence-electron chi connectivity index (χ3n) is 0.434.